The van der Waals surface area contributed by atoms with Gasteiger partial charge in [-0.1, -0.05) is 42.4 Å². The van der Waals surface area contributed by atoms with Crippen LogP contribution in [0.2, 0.25) is 0 Å². The monoisotopic (exact) mass is 373 g/mol. The van der Waals surface area contributed by atoms with E-state index in [4.69, 9.17) is 0 Å². The van der Waals surface area contributed by atoms with E-state index in [0.717, 1.165) is 49.2 Å². The molecule has 3 N–H and O–H groups in total. The number of nitrogens with one attached hydrogen (secondary N) is 2. The minimum absolute atomic E-state index is 0.427. The van der Waals surface area contributed by atoms with Crippen LogP contribution in [-0.2, 0) is 0 Å². The Hall–Kier alpha value is -1.83. The number of aliphatic hydroxyl groups is 1. The van der Waals surface area contributed by atoms with Crippen LogP contribution in [0.25, 0.3) is 0 Å². The van der Waals surface area contributed by atoms with Crippen LogP contribution >= 0.6 is 11.3 Å². The molecule has 26 heavy (non-hydrogen) atoms. The largest absolute Gasteiger partial charge is 0.368 e. The average Bonchev–Trinajstić information content (AvgIpc) is 3.35. The second-order valence-corrected chi connectivity index (χ2v) is 8.02. The summed E-state index contributed by atoms with van der Waals surface area (Å²) in [4.78, 5) is 9.29. The number of benzene rings is 1. The van der Waals surface area contributed by atoms with Crippen molar-refractivity contribution in [2.24, 2.45) is 0 Å². The van der Waals surface area contributed by atoms with Gasteiger partial charge in [0.05, 0.1) is 6.20 Å². The van der Waals surface area contributed by atoms with E-state index in [2.05, 4.69) is 55.7 Å². The Balaban J connectivity index is 1.28. The predicted octanol–water partition coefficient (Wildman–Crippen LogP) is 2.69. The van der Waals surface area contributed by atoms with E-state index >= 15 is 0 Å². The third-order valence-electron chi connectivity index (χ3n) is 5.19. The molecule has 2 fully saturated rings. The van der Waals surface area contributed by atoms with Crippen LogP contribution in [-0.4, -0.2) is 48.7 Å². The summed E-state index contributed by atoms with van der Waals surface area (Å²) in [5, 5.41) is 18.5. The molecule has 1 aromatic heterocycles. The van der Waals surface area contributed by atoms with Crippen LogP contribution < -0.4 is 20.4 Å². The minimum Gasteiger partial charge on any atom is -0.368 e. The van der Waals surface area contributed by atoms with Crippen molar-refractivity contribution in [3.8, 4) is 0 Å². The van der Waals surface area contributed by atoms with Crippen LogP contribution in [0.3, 0.4) is 0 Å². The Morgan fingerprint density at radius 1 is 1.04 bits per heavy atom. The molecule has 4 rings (SSSR count). The summed E-state index contributed by atoms with van der Waals surface area (Å²) >= 11 is 1.61. The average molecular weight is 374 g/mol. The zero-order valence-corrected chi connectivity index (χ0v) is 15.8. The number of anilines is 3. The van der Waals surface area contributed by atoms with Gasteiger partial charge in [0, 0.05) is 37.9 Å². The van der Waals surface area contributed by atoms with Crippen molar-refractivity contribution in [2.75, 3.05) is 41.3 Å². The van der Waals surface area contributed by atoms with Gasteiger partial charge in [-0.05, 0) is 25.0 Å². The molecule has 1 atom stereocenters. The third-order valence-corrected chi connectivity index (χ3v) is 6.18. The summed E-state index contributed by atoms with van der Waals surface area (Å²) in [5.41, 5.74) is 1.29. The molecule has 1 aromatic carbocycles. The van der Waals surface area contributed by atoms with Crippen LogP contribution in [0.4, 0.5) is 15.8 Å². The first kappa shape index (κ1) is 17.6. The molecular weight excluding hydrogens is 346 g/mol. The smallest absolute Gasteiger partial charge is 0.187 e. The van der Waals surface area contributed by atoms with Gasteiger partial charge in [0.2, 0.25) is 0 Å². The summed E-state index contributed by atoms with van der Waals surface area (Å²) in [7, 11) is 0. The summed E-state index contributed by atoms with van der Waals surface area (Å²) in [5.74, 6) is 0. The molecule has 1 aliphatic heterocycles. The number of nitrogens with zero attached hydrogens (tertiary/aromatic N) is 3. The van der Waals surface area contributed by atoms with Crippen molar-refractivity contribution in [3.05, 3.63) is 36.5 Å². The lowest BCUT2D eigenvalue weighted by Crippen LogP contribution is -2.46. The molecule has 140 valence electrons. The maximum absolute atomic E-state index is 10.2. The van der Waals surface area contributed by atoms with Crippen LogP contribution in [0, 0.1) is 0 Å². The van der Waals surface area contributed by atoms with Gasteiger partial charge in [-0.2, -0.15) is 0 Å². The Kier molecular flexibility index (Phi) is 5.57. The Morgan fingerprint density at radius 3 is 2.46 bits per heavy atom. The highest BCUT2D eigenvalue weighted by Crippen LogP contribution is 2.28. The summed E-state index contributed by atoms with van der Waals surface area (Å²) < 4.78 is 0. The molecular formula is C19H27N5OS. The zero-order chi connectivity index (χ0) is 17.8. The number of rotatable bonds is 6. The van der Waals surface area contributed by atoms with Gasteiger partial charge in [-0.15, -0.1) is 0 Å². The van der Waals surface area contributed by atoms with Gasteiger partial charge in [0.15, 0.2) is 11.5 Å². The highest BCUT2D eigenvalue weighted by Gasteiger charge is 2.21. The second kappa shape index (κ2) is 8.24. The molecule has 2 aliphatic rings. The topological polar surface area (TPSA) is 63.7 Å². The van der Waals surface area contributed by atoms with Crippen molar-refractivity contribution in [1.82, 2.24) is 10.3 Å². The Bertz CT molecular complexity index is 680. The molecule has 6 nitrogen and oxygen atoms in total. The summed E-state index contributed by atoms with van der Waals surface area (Å²) in [6.45, 7) is 3.92. The van der Waals surface area contributed by atoms with Crippen molar-refractivity contribution < 1.29 is 5.11 Å². The number of para-hydroxylation sites is 1. The number of piperazine rings is 1. The van der Waals surface area contributed by atoms with Gasteiger partial charge < -0.3 is 20.2 Å². The van der Waals surface area contributed by atoms with E-state index in [1.54, 1.807) is 11.3 Å². The van der Waals surface area contributed by atoms with Crippen molar-refractivity contribution in [3.63, 3.8) is 0 Å². The normalized spacial score (nSPS) is 19.7. The van der Waals surface area contributed by atoms with Gasteiger partial charge in [0.25, 0.3) is 0 Å². The van der Waals surface area contributed by atoms with Gasteiger partial charge in [-0.25, -0.2) is 4.98 Å². The van der Waals surface area contributed by atoms with Crippen molar-refractivity contribution >= 4 is 27.2 Å². The second-order valence-electron chi connectivity index (χ2n) is 7.01. The first-order valence-corrected chi connectivity index (χ1v) is 10.3. The van der Waals surface area contributed by atoms with Gasteiger partial charge in [-0.3, -0.25) is 5.32 Å². The summed E-state index contributed by atoms with van der Waals surface area (Å²) in [6.07, 6.45) is 5.93. The lowest BCUT2D eigenvalue weighted by atomic mass is 10.2. The number of thiazole rings is 1. The minimum atomic E-state index is -0.707. The highest BCUT2D eigenvalue weighted by atomic mass is 32.1. The number of aliphatic hydroxyl groups excluding tert-OH is 1. The van der Waals surface area contributed by atoms with E-state index < -0.39 is 6.35 Å². The molecule has 2 aromatic rings. The molecule has 7 heteroatoms. The fourth-order valence-corrected chi connectivity index (χ4v) is 4.65. The molecule has 1 saturated carbocycles. The fraction of sp³-hybridized carbons (Fsp3) is 0.526. The molecule has 0 radical (unpaired) electrons. The maximum Gasteiger partial charge on any atom is 0.187 e. The zero-order valence-electron chi connectivity index (χ0n) is 15.0. The maximum atomic E-state index is 10.2. The Labute approximate surface area is 158 Å². The van der Waals surface area contributed by atoms with Gasteiger partial charge in [0.1, 0.15) is 5.00 Å². The van der Waals surface area contributed by atoms with E-state index in [1.807, 2.05) is 6.20 Å². The first-order chi connectivity index (χ1) is 12.8. The van der Waals surface area contributed by atoms with Crippen LogP contribution in [0.1, 0.15) is 25.7 Å². The van der Waals surface area contributed by atoms with Crippen molar-refractivity contribution in [1.29, 1.82) is 0 Å². The molecule has 1 aliphatic carbocycles. The van der Waals surface area contributed by atoms with E-state index in [0.29, 0.717) is 6.04 Å². The van der Waals surface area contributed by atoms with E-state index in [1.165, 1.54) is 18.5 Å². The lowest BCUT2D eigenvalue weighted by molar-refractivity contribution is 0.150. The summed E-state index contributed by atoms with van der Waals surface area (Å²) in [6, 6.07) is 11.0. The van der Waals surface area contributed by atoms with E-state index in [-0.39, 0.29) is 0 Å². The molecule has 0 spiro atoms. The number of aromatic nitrogens is 1. The quantitative estimate of drug-likeness (QED) is 0.677. The fourth-order valence-electron chi connectivity index (χ4n) is 3.76. The molecule has 1 saturated heterocycles. The van der Waals surface area contributed by atoms with Crippen LogP contribution in [0.15, 0.2) is 36.5 Å². The standard InChI is InChI=1S/C19H27N5OS/c25-18(21-15-6-4-5-7-15)22-17-14-20-19(26-17)24-12-10-23(11-13-24)16-8-2-1-3-9-16/h1-3,8-9,14-15,18,21-22,25H,4-7,10-13H2. The highest BCUT2D eigenvalue weighted by molar-refractivity contribution is 7.19. The Morgan fingerprint density at radius 2 is 1.73 bits per heavy atom. The van der Waals surface area contributed by atoms with Gasteiger partial charge >= 0.3 is 0 Å². The number of hydrogen-bond donors (Lipinski definition) is 3. The number of hydrogen-bond acceptors (Lipinski definition) is 7. The molecule has 2 heterocycles. The SMILES string of the molecule is OC(Nc1cnc(N2CCN(c3ccccc3)CC2)s1)NC1CCCC1. The van der Waals surface area contributed by atoms with E-state index in [9.17, 15) is 5.11 Å². The predicted molar refractivity (Wildman–Crippen MR) is 108 cm³/mol. The van der Waals surface area contributed by atoms with Crippen molar-refractivity contribution in [2.45, 2.75) is 38.1 Å². The first-order valence-electron chi connectivity index (χ1n) is 9.49. The molecule has 0 bridgehead atoms. The molecule has 0 amide bonds. The lowest BCUT2D eigenvalue weighted by Gasteiger charge is -2.35. The third kappa shape index (κ3) is 4.28. The molecule has 1 unspecified atom stereocenters. The van der Waals surface area contributed by atoms with Crippen LogP contribution in [0.5, 0.6) is 0 Å².